The van der Waals surface area contributed by atoms with Crippen molar-refractivity contribution in [3.05, 3.63) is 48.4 Å². The van der Waals surface area contributed by atoms with E-state index in [9.17, 15) is 4.79 Å². The minimum absolute atomic E-state index is 0.170. The molecular formula is C16H19NO4. The standard InChI is InChI=1S/C16H19NO4/c1-3-15(16(18)17-11-14-8-5-9-20-14)21-13-7-4-6-12(10-13)19-2/h4-10,15H,3,11H2,1-2H3,(H,17,18)/t15-/m1/s1. The van der Waals surface area contributed by atoms with Crippen molar-refractivity contribution >= 4 is 5.91 Å². The van der Waals surface area contributed by atoms with Gasteiger partial charge >= 0.3 is 0 Å². The van der Waals surface area contributed by atoms with Crippen LogP contribution in [0.2, 0.25) is 0 Å². The third kappa shape index (κ3) is 4.27. The topological polar surface area (TPSA) is 60.7 Å². The van der Waals surface area contributed by atoms with Crippen molar-refractivity contribution in [2.45, 2.75) is 26.0 Å². The Morgan fingerprint density at radius 1 is 1.29 bits per heavy atom. The molecule has 5 heteroatoms. The molecule has 1 aromatic heterocycles. The van der Waals surface area contributed by atoms with Gasteiger partial charge in [0.1, 0.15) is 17.3 Å². The van der Waals surface area contributed by atoms with Crippen LogP contribution in [0, 0.1) is 0 Å². The molecule has 1 atom stereocenters. The molecule has 1 aromatic carbocycles. The average molecular weight is 289 g/mol. The second-order valence-electron chi connectivity index (χ2n) is 4.49. The minimum Gasteiger partial charge on any atom is -0.497 e. The molecular weight excluding hydrogens is 270 g/mol. The normalized spacial score (nSPS) is 11.7. The molecule has 112 valence electrons. The zero-order valence-corrected chi connectivity index (χ0v) is 12.2. The van der Waals surface area contributed by atoms with E-state index in [4.69, 9.17) is 13.9 Å². The molecule has 1 N–H and O–H groups in total. The molecule has 0 aliphatic heterocycles. The minimum atomic E-state index is -0.549. The summed E-state index contributed by atoms with van der Waals surface area (Å²) in [6, 6.07) is 10.8. The van der Waals surface area contributed by atoms with E-state index < -0.39 is 6.10 Å². The van der Waals surface area contributed by atoms with Gasteiger partial charge in [-0.15, -0.1) is 0 Å². The van der Waals surface area contributed by atoms with E-state index in [-0.39, 0.29) is 5.91 Å². The maximum Gasteiger partial charge on any atom is 0.261 e. The first-order valence-electron chi connectivity index (χ1n) is 6.83. The van der Waals surface area contributed by atoms with Gasteiger partial charge in [0, 0.05) is 6.07 Å². The Bertz CT molecular complexity index is 565. The quantitative estimate of drug-likeness (QED) is 0.851. The number of hydrogen-bond donors (Lipinski definition) is 1. The van der Waals surface area contributed by atoms with E-state index in [1.165, 1.54) is 0 Å². The molecule has 0 fully saturated rings. The number of hydrogen-bond acceptors (Lipinski definition) is 4. The zero-order valence-electron chi connectivity index (χ0n) is 12.2. The lowest BCUT2D eigenvalue weighted by Gasteiger charge is -2.17. The Labute approximate surface area is 123 Å². The van der Waals surface area contributed by atoms with Crippen LogP contribution in [0.5, 0.6) is 11.5 Å². The fourth-order valence-electron chi connectivity index (χ4n) is 1.86. The summed E-state index contributed by atoms with van der Waals surface area (Å²) in [7, 11) is 1.59. The number of carbonyl (C=O) groups is 1. The van der Waals surface area contributed by atoms with Gasteiger partial charge in [0.2, 0.25) is 0 Å². The lowest BCUT2D eigenvalue weighted by molar-refractivity contribution is -0.128. The summed E-state index contributed by atoms with van der Waals surface area (Å²) in [5.74, 6) is 1.84. The zero-order chi connectivity index (χ0) is 15.1. The lowest BCUT2D eigenvalue weighted by atomic mass is 10.2. The summed E-state index contributed by atoms with van der Waals surface area (Å²) >= 11 is 0. The monoisotopic (exact) mass is 289 g/mol. The van der Waals surface area contributed by atoms with Gasteiger partial charge in [-0.25, -0.2) is 0 Å². The molecule has 0 saturated carbocycles. The van der Waals surface area contributed by atoms with E-state index in [2.05, 4.69) is 5.32 Å². The van der Waals surface area contributed by atoms with Crippen molar-refractivity contribution in [1.29, 1.82) is 0 Å². The molecule has 1 heterocycles. The van der Waals surface area contributed by atoms with E-state index in [0.29, 0.717) is 30.2 Å². The third-order valence-corrected chi connectivity index (χ3v) is 3.00. The molecule has 0 aliphatic rings. The number of ether oxygens (including phenoxy) is 2. The molecule has 1 amide bonds. The maximum atomic E-state index is 12.1. The van der Waals surface area contributed by atoms with Crippen LogP contribution < -0.4 is 14.8 Å². The van der Waals surface area contributed by atoms with Crippen LogP contribution in [0.15, 0.2) is 47.1 Å². The van der Waals surface area contributed by atoms with Gasteiger partial charge in [0.25, 0.3) is 5.91 Å². The van der Waals surface area contributed by atoms with Crippen molar-refractivity contribution in [3.63, 3.8) is 0 Å². The molecule has 0 unspecified atom stereocenters. The first-order chi connectivity index (χ1) is 10.2. The number of methoxy groups -OCH3 is 1. The van der Waals surface area contributed by atoms with Crippen LogP contribution in [0.25, 0.3) is 0 Å². The maximum absolute atomic E-state index is 12.1. The summed E-state index contributed by atoms with van der Waals surface area (Å²) in [6.07, 6.45) is 1.60. The van der Waals surface area contributed by atoms with E-state index >= 15 is 0 Å². The molecule has 2 aromatic rings. The Balaban J connectivity index is 1.93. The number of carbonyl (C=O) groups excluding carboxylic acids is 1. The highest BCUT2D eigenvalue weighted by atomic mass is 16.5. The first-order valence-corrected chi connectivity index (χ1v) is 6.83. The van der Waals surface area contributed by atoms with Crippen molar-refractivity contribution in [2.75, 3.05) is 7.11 Å². The van der Waals surface area contributed by atoms with Crippen molar-refractivity contribution in [1.82, 2.24) is 5.32 Å². The van der Waals surface area contributed by atoms with Gasteiger partial charge < -0.3 is 19.2 Å². The second-order valence-corrected chi connectivity index (χ2v) is 4.49. The molecule has 0 spiro atoms. The fraction of sp³-hybridized carbons (Fsp3) is 0.312. The fourth-order valence-corrected chi connectivity index (χ4v) is 1.86. The molecule has 2 rings (SSSR count). The molecule has 0 radical (unpaired) electrons. The Morgan fingerprint density at radius 3 is 2.76 bits per heavy atom. The van der Waals surface area contributed by atoms with E-state index in [0.717, 1.165) is 0 Å². The number of rotatable bonds is 7. The SMILES string of the molecule is CC[C@@H](Oc1cccc(OC)c1)C(=O)NCc1ccco1. The van der Waals surface area contributed by atoms with Crippen LogP contribution in [0.4, 0.5) is 0 Å². The summed E-state index contributed by atoms with van der Waals surface area (Å²) in [5, 5.41) is 2.80. The summed E-state index contributed by atoms with van der Waals surface area (Å²) in [5.41, 5.74) is 0. The van der Waals surface area contributed by atoms with Crippen molar-refractivity contribution in [2.24, 2.45) is 0 Å². The van der Waals surface area contributed by atoms with Gasteiger partial charge in [-0.2, -0.15) is 0 Å². The van der Waals surface area contributed by atoms with E-state index in [1.807, 2.05) is 25.1 Å². The number of amides is 1. The van der Waals surface area contributed by atoms with Gasteiger partial charge in [-0.1, -0.05) is 13.0 Å². The van der Waals surface area contributed by atoms with Gasteiger partial charge in [-0.3, -0.25) is 4.79 Å². The van der Waals surface area contributed by atoms with Crippen LogP contribution in [-0.2, 0) is 11.3 Å². The van der Waals surface area contributed by atoms with Crippen LogP contribution >= 0.6 is 0 Å². The highest BCUT2D eigenvalue weighted by molar-refractivity contribution is 5.81. The Hall–Kier alpha value is -2.43. The number of benzene rings is 1. The lowest BCUT2D eigenvalue weighted by Crippen LogP contribution is -2.37. The van der Waals surface area contributed by atoms with Gasteiger partial charge in [0.05, 0.1) is 19.9 Å². The second kappa shape index (κ2) is 7.38. The molecule has 0 bridgehead atoms. The van der Waals surface area contributed by atoms with Crippen LogP contribution in [-0.4, -0.2) is 19.1 Å². The summed E-state index contributed by atoms with van der Waals surface area (Å²) in [4.78, 5) is 12.1. The van der Waals surface area contributed by atoms with Crippen LogP contribution in [0.1, 0.15) is 19.1 Å². The Kier molecular flexibility index (Phi) is 5.26. The molecule has 0 aliphatic carbocycles. The smallest absolute Gasteiger partial charge is 0.261 e. The molecule has 5 nitrogen and oxygen atoms in total. The predicted molar refractivity (Wildman–Crippen MR) is 78.3 cm³/mol. The summed E-state index contributed by atoms with van der Waals surface area (Å²) in [6.45, 7) is 2.25. The van der Waals surface area contributed by atoms with Gasteiger partial charge in [-0.05, 0) is 30.7 Å². The predicted octanol–water partition coefficient (Wildman–Crippen LogP) is 2.76. The third-order valence-electron chi connectivity index (χ3n) is 3.00. The Morgan fingerprint density at radius 2 is 2.10 bits per heavy atom. The molecule has 21 heavy (non-hydrogen) atoms. The largest absolute Gasteiger partial charge is 0.497 e. The molecule has 0 saturated heterocycles. The van der Waals surface area contributed by atoms with Crippen molar-refractivity contribution < 1.29 is 18.7 Å². The van der Waals surface area contributed by atoms with Crippen LogP contribution in [0.3, 0.4) is 0 Å². The van der Waals surface area contributed by atoms with Crippen molar-refractivity contribution in [3.8, 4) is 11.5 Å². The highest BCUT2D eigenvalue weighted by Gasteiger charge is 2.18. The van der Waals surface area contributed by atoms with Gasteiger partial charge in [0.15, 0.2) is 6.10 Å². The van der Waals surface area contributed by atoms with E-state index in [1.54, 1.807) is 31.6 Å². The number of furan rings is 1. The number of nitrogens with one attached hydrogen (secondary N) is 1. The highest BCUT2D eigenvalue weighted by Crippen LogP contribution is 2.20. The summed E-state index contributed by atoms with van der Waals surface area (Å²) < 4.78 is 16.0. The average Bonchev–Trinajstić information content (AvgIpc) is 3.04. The first kappa shape index (κ1) is 15.0.